The van der Waals surface area contributed by atoms with Crippen LogP contribution in [0, 0.1) is 0 Å². The van der Waals surface area contributed by atoms with Gasteiger partial charge in [-0.2, -0.15) is 0 Å². The first kappa shape index (κ1) is 14.1. The first-order valence-electron chi connectivity index (χ1n) is 5.04. The lowest BCUT2D eigenvalue weighted by atomic mass is 10.0. The summed E-state index contributed by atoms with van der Waals surface area (Å²) in [5.74, 6) is 0. The van der Waals surface area contributed by atoms with E-state index < -0.39 is 18.3 Å². The number of aliphatic hydroxyl groups is 1. The number of aliphatic hydroxyl groups excluding tert-OH is 1. The van der Waals surface area contributed by atoms with Crippen LogP contribution in [0.25, 0.3) is 0 Å². The van der Waals surface area contributed by atoms with Gasteiger partial charge in [-0.15, -0.1) is 0 Å². The van der Waals surface area contributed by atoms with Crippen molar-refractivity contribution in [3.63, 3.8) is 0 Å². The van der Waals surface area contributed by atoms with Gasteiger partial charge in [0, 0.05) is 15.6 Å². The van der Waals surface area contributed by atoms with Gasteiger partial charge in [0.1, 0.15) is 0 Å². The Bertz CT molecular complexity index is 412. The van der Waals surface area contributed by atoms with Crippen LogP contribution in [0.2, 0.25) is 10.0 Å². The van der Waals surface area contributed by atoms with Crippen molar-refractivity contribution < 1.29 is 14.6 Å². The molecule has 17 heavy (non-hydrogen) atoms. The number of nitrogens with two attached hydrogens (primary N) is 1. The molecule has 0 bridgehead atoms. The van der Waals surface area contributed by atoms with Gasteiger partial charge in [0.05, 0.1) is 6.10 Å². The Morgan fingerprint density at radius 3 is 2.65 bits per heavy atom. The van der Waals surface area contributed by atoms with Crippen molar-refractivity contribution in [2.45, 2.75) is 25.6 Å². The van der Waals surface area contributed by atoms with Crippen molar-refractivity contribution in [1.82, 2.24) is 0 Å². The molecule has 0 heterocycles. The van der Waals surface area contributed by atoms with E-state index in [1.807, 2.05) is 0 Å². The standard InChI is InChI=1S/C11H13Cl2NO3/c1-2-9(15)10(17-11(14)16)7-4-3-6(12)5-8(7)13/h3-5,9-10,15H,2H2,1H3,(H2,14,16)/t9-,10-/m0/s1. The van der Waals surface area contributed by atoms with Crippen LogP contribution >= 0.6 is 23.2 Å². The average Bonchev–Trinajstić information content (AvgIpc) is 2.25. The molecule has 0 aliphatic heterocycles. The van der Waals surface area contributed by atoms with Gasteiger partial charge in [0.25, 0.3) is 0 Å². The van der Waals surface area contributed by atoms with Gasteiger partial charge in [0.2, 0.25) is 0 Å². The van der Waals surface area contributed by atoms with Crippen molar-refractivity contribution >= 4 is 29.3 Å². The number of benzene rings is 1. The van der Waals surface area contributed by atoms with Crippen LogP contribution in [0.5, 0.6) is 0 Å². The van der Waals surface area contributed by atoms with Gasteiger partial charge < -0.3 is 15.6 Å². The predicted octanol–water partition coefficient (Wildman–Crippen LogP) is 2.90. The molecule has 1 aromatic carbocycles. The molecule has 6 heteroatoms. The normalized spacial score (nSPS) is 14.1. The Hall–Kier alpha value is -0.970. The van der Waals surface area contributed by atoms with E-state index in [0.29, 0.717) is 22.0 Å². The summed E-state index contributed by atoms with van der Waals surface area (Å²) in [4.78, 5) is 10.8. The molecule has 94 valence electrons. The largest absolute Gasteiger partial charge is 0.439 e. The predicted molar refractivity (Wildman–Crippen MR) is 66.2 cm³/mol. The number of amides is 1. The Labute approximate surface area is 109 Å². The van der Waals surface area contributed by atoms with Crippen molar-refractivity contribution in [2.24, 2.45) is 5.73 Å². The molecule has 0 unspecified atom stereocenters. The fraction of sp³-hybridized carbons (Fsp3) is 0.364. The van der Waals surface area contributed by atoms with E-state index in [2.05, 4.69) is 0 Å². The van der Waals surface area contributed by atoms with Crippen LogP contribution < -0.4 is 5.73 Å². The van der Waals surface area contributed by atoms with Gasteiger partial charge in [-0.25, -0.2) is 4.79 Å². The maximum atomic E-state index is 10.8. The summed E-state index contributed by atoms with van der Waals surface area (Å²) in [7, 11) is 0. The van der Waals surface area contributed by atoms with Crippen LogP contribution in [0.15, 0.2) is 18.2 Å². The molecule has 4 nitrogen and oxygen atoms in total. The Kier molecular flexibility index (Phi) is 5.05. The number of halogens is 2. The molecule has 0 aliphatic rings. The number of rotatable bonds is 4. The summed E-state index contributed by atoms with van der Waals surface area (Å²) >= 11 is 11.7. The van der Waals surface area contributed by atoms with E-state index in [4.69, 9.17) is 33.7 Å². The summed E-state index contributed by atoms with van der Waals surface area (Å²) in [6.45, 7) is 1.76. The molecule has 0 saturated carbocycles. The minimum atomic E-state index is -0.964. The summed E-state index contributed by atoms with van der Waals surface area (Å²) in [6.07, 6.45) is -2.33. The molecule has 0 fully saturated rings. The first-order chi connectivity index (χ1) is 7.95. The minimum Gasteiger partial charge on any atom is -0.439 e. The number of hydrogen-bond donors (Lipinski definition) is 2. The zero-order chi connectivity index (χ0) is 13.0. The molecule has 1 rings (SSSR count). The zero-order valence-corrected chi connectivity index (χ0v) is 10.7. The van der Waals surface area contributed by atoms with Crippen molar-refractivity contribution in [1.29, 1.82) is 0 Å². The fourth-order valence-corrected chi connectivity index (χ4v) is 1.94. The molecule has 3 N–H and O–H groups in total. The van der Waals surface area contributed by atoms with Crippen LogP contribution in [0.1, 0.15) is 25.0 Å². The van der Waals surface area contributed by atoms with Gasteiger partial charge in [-0.3, -0.25) is 0 Å². The molecule has 0 spiro atoms. The molecule has 0 aliphatic carbocycles. The number of primary amides is 1. The maximum absolute atomic E-state index is 10.8. The Morgan fingerprint density at radius 1 is 1.53 bits per heavy atom. The van der Waals surface area contributed by atoms with Gasteiger partial charge >= 0.3 is 6.09 Å². The summed E-state index contributed by atoms with van der Waals surface area (Å²) < 4.78 is 4.87. The van der Waals surface area contributed by atoms with Crippen LogP contribution in [-0.2, 0) is 4.74 Å². The highest BCUT2D eigenvalue weighted by atomic mass is 35.5. The second-order valence-corrected chi connectivity index (χ2v) is 4.34. The van der Waals surface area contributed by atoms with E-state index in [1.54, 1.807) is 19.1 Å². The number of ether oxygens (including phenoxy) is 1. The second kappa shape index (κ2) is 6.10. The molecular weight excluding hydrogens is 265 g/mol. The number of carbonyl (C=O) groups excluding carboxylic acids is 1. The van der Waals surface area contributed by atoms with E-state index in [9.17, 15) is 9.90 Å². The van der Waals surface area contributed by atoms with E-state index in [0.717, 1.165) is 0 Å². The third-order valence-electron chi connectivity index (χ3n) is 2.28. The van der Waals surface area contributed by atoms with Gasteiger partial charge in [0.15, 0.2) is 6.10 Å². The third kappa shape index (κ3) is 3.77. The molecule has 0 saturated heterocycles. The highest BCUT2D eigenvalue weighted by molar-refractivity contribution is 6.35. The summed E-state index contributed by atoms with van der Waals surface area (Å²) in [5, 5.41) is 10.6. The van der Waals surface area contributed by atoms with Gasteiger partial charge in [-0.05, 0) is 18.6 Å². The van der Waals surface area contributed by atoms with Crippen molar-refractivity contribution in [3.8, 4) is 0 Å². The molecule has 1 amide bonds. The van der Waals surface area contributed by atoms with Crippen LogP contribution in [0.4, 0.5) is 4.79 Å². The highest BCUT2D eigenvalue weighted by Crippen LogP contribution is 2.31. The monoisotopic (exact) mass is 277 g/mol. The lowest BCUT2D eigenvalue weighted by Gasteiger charge is -2.22. The third-order valence-corrected chi connectivity index (χ3v) is 2.84. The summed E-state index contributed by atoms with van der Waals surface area (Å²) in [6, 6.07) is 4.71. The first-order valence-corrected chi connectivity index (χ1v) is 5.80. The van der Waals surface area contributed by atoms with Gasteiger partial charge in [-0.1, -0.05) is 36.2 Å². The van der Waals surface area contributed by atoms with E-state index >= 15 is 0 Å². The molecule has 2 atom stereocenters. The fourth-order valence-electron chi connectivity index (χ4n) is 1.42. The topological polar surface area (TPSA) is 72.6 Å². The van der Waals surface area contributed by atoms with E-state index in [1.165, 1.54) is 6.07 Å². The second-order valence-electron chi connectivity index (χ2n) is 3.50. The van der Waals surface area contributed by atoms with Crippen molar-refractivity contribution in [3.05, 3.63) is 33.8 Å². The maximum Gasteiger partial charge on any atom is 0.405 e. The molecule has 1 aromatic rings. The Morgan fingerprint density at radius 2 is 2.18 bits per heavy atom. The molecule has 0 aromatic heterocycles. The van der Waals surface area contributed by atoms with Crippen LogP contribution in [0.3, 0.4) is 0 Å². The summed E-state index contributed by atoms with van der Waals surface area (Å²) in [5.41, 5.74) is 5.44. The molecular formula is C11H13Cl2NO3. The average molecular weight is 278 g/mol. The number of carbonyl (C=O) groups is 1. The highest BCUT2D eigenvalue weighted by Gasteiger charge is 2.25. The SMILES string of the molecule is CC[C@H](O)[C@@H](OC(N)=O)c1ccc(Cl)cc1Cl. The Balaban J connectivity index is 3.07. The lowest BCUT2D eigenvalue weighted by Crippen LogP contribution is -2.26. The van der Waals surface area contributed by atoms with E-state index in [-0.39, 0.29) is 0 Å². The zero-order valence-electron chi connectivity index (χ0n) is 9.19. The number of hydrogen-bond acceptors (Lipinski definition) is 3. The smallest absolute Gasteiger partial charge is 0.405 e. The van der Waals surface area contributed by atoms with Crippen molar-refractivity contribution in [2.75, 3.05) is 0 Å². The van der Waals surface area contributed by atoms with Crippen LogP contribution in [-0.4, -0.2) is 17.3 Å². The minimum absolute atomic E-state index is 0.316. The molecule has 0 radical (unpaired) electrons. The quantitative estimate of drug-likeness (QED) is 0.889. The lowest BCUT2D eigenvalue weighted by molar-refractivity contribution is 0.00341.